The first-order chi connectivity index (χ1) is 9.04. The number of rotatable bonds is 3. The van der Waals surface area contributed by atoms with E-state index in [9.17, 15) is 8.42 Å². The van der Waals surface area contributed by atoms with Crippen molar-refractivity contribution in [1.29, 1.82) is 0 Å². The molecule has 1 heterocycles. The third kappa shape index (κ3) is 2.61. The van der Waals surface area contributed by atoms with Crippen molar-refractivity contribution in [2.45, 2.75) is 24.2 Å². The van der Waals surface area contributed by atoms with E-state index < -0.39 is 10.0 Å². The Kier molecular flexibility index (Phi) is 3.24. The van der Waals surface area contributed by atoms with Crippen LogP contribution >= 0.6 is 22.9 Å². The lowest BCUT2D eigenvalue weighted by Crippen LogP contribution is -2.12. The fraction of sp³-hybridized carbons (Fsp3) is 0.250. The van der Waals surface area contributed by atoms with Gasteiger partial charge in [0.15, 0.2) is 5.13 Å². The maximum absolute atomic E-state index is 12.2. The van der Waals surface area contributed by atoms with Crippen molar-refractivity contribution >= 4 is 38.1 Å². The fourth-order valence-corrected chi connectivity index (χ4v) is 4.43. The summed E-state index contributed by atoms with van der Waals surface area (Å²) in [5, 5.41) is 0.951. The highest BCUT2D eigenvalue weighted by atomic mass is 35.5. The molecule has 0 saturated heterocycles. The van der Waals surface area contributed by atoms with Gasteiger partial charge in [-0.2, -0.15) is 0 Å². The molecular formula is C12H11ClN2O2S2. The van der Waals surface area contributed by atoms with Gasteiger partial charge in [0.25, 0.3) is 10.0 Å². The largest absolute Gasteiger partial charge is 0.263 e. The zero-order chi connectivity index (χ0) is 13.5. The normalized spacial score (nSPS) is 14.4. The Balaban J connectivity index is 1.86. The molecule has 1 aromatic carbocycles. The number of hydrogen-bond acceptors (Lipinski definition) is 4. The maximum Gasteiger partial charge on any atom is 0.263 e. The highest BCUT2D eigenvalue weighted by Gasteiger charge is 2.20. The zero-order valence-electron chi connectivity index (χ0n) is 9.89. The van der Waals surface area contributed by atoms with Gasteiger partial charge in [-0.3, -0.25) is 4.72 Å². The summed E-state index contributed by atoms with van der Waals surface area (Å²) in [7, 11) is -3.58. The molecule has 0 saturated carbocycles. The molecule has 3 rings (SSSR count). The molecule has 0 aliphatic heterocycles. The van der Waals surface area contributed by atoms with E-state index in [0.717, 1.165) is 25.0 Å². The van der Waals surface area contributed by atoms with Crippen molar-refractivity contribution in [1.82, 2.24) is 4.98 Å². The van der Waals surface area contributed by atoms with Crippen LogP contribution in [-0.2, 0) is 22.9 Å². The van der Waals surface area contributed by atoms with Crippen molar-refractivity contribution in [2.24, 2.45) is 0 Å². The molecule has 4 nitrogen and oxygen atoms in total. The summed E-state index contributed by atoms with van der Waals surface area (Å²) in [5.41, 5.74) is 1.03. The van der Waals surface area contributed by atoms with E-state index in [1.54, 1.807) is 12.1 Å². The molecule has 1 aliphatic rings. The van der Waals surface area contributed by atoms with Gasteiger partial charge in [0, 0.05) is 9.90 Å². The van der Waals surface area contributed by atoms with Gasteiger partial charge in [0.2, 0.25) is 0 Å². The lowest BCUT2D eigenvalue weighted by molar-refractivity contribution is 0.601. The van der Waals surface area contributed by atoms with E-state index in [2.05, 4.69) is 9.71 Å². The molecule has 0 bridgehead atoms. The Bertz CT molecular complexity index is 686. The summed E-state index contributed by atoms with van der Waals surface area (Å²) in [5.74, 6) is 0. The van der Waals surface area contributed by atoms with E-state index in [1.807, 2.05) is 0 Å². The minimum absolute atomic E-state index is 0.187. The molecule has 7 heteroatoms. The second-order valence-electron chi connectivity index (χ2n) is 4.30. The van der Waals surface area contributed by atoms with E-state index >= 15 is 0 Å². The van der Waals surface area contributed by atoms with Crippen LogP contribution < -0.4 is 4.72 Å². The standard InChI is InChI=1S/C12H11ClN2O2S2/c13-8-4-6-9(7-5-8)19(16,17)15-12-14-10-2-1-3-11(10)18-12/h4-7H,1-3H2,(H,14,15). The molecule has 1 N–H and O–H groups in total. The quantitative estimate of drug-likeness (QED) is 0.947. The molecular weight excluding hydrogens is 304 g/mol. The first-order valence-electron chi connectivity index (χ1n) is 5.81. The van der Waals surface area contributed by atoms with E-state index in [0.29, 0.717) is 10.2 Å². The van der Waals surface area contributed by atoms with Gasteiger partial charge < -0.3 is 0 Å². The minimum Gasteiger partial charge on any atom is -0.255 e. The van der Waals surface area contributed by atoms with Gasteiger partial charge in [0.05, 0.1) is 10.6 Å². The maximum atomic E-state index is 12.2. The van der Waals surface area contributed by atoms with Crippen LogP contribution in [0.5, 0.6) is 0 Å². The monoisotopic (exact) mass is 314 g/mol. The Morgan fingerprint density at radius 1 is 1.21 bits per heavy atom. The number of nitrogens with zero attached hydrogens (tertiary/aromatic N) is 1. The minimum atomic E-state index is -3.58. The third-order valence-electron chi connectivity index (χ3n) is 2.94. The Hall–Kier alpha value is -1.11. The second-order valence-corrected chi connectivity index (χ2v) is 7.50. The molecule has 0 amide bonds. The lowest BCUT2D eigenvalue weighted by Gasteiger charge is -2.05. The average Bonchev–Trinajstić information content (AvgIpc) is 2.89. The summed E-state index contributed by atoms with van der Waals surface area (Å²) in [6.07, 6.45) is 3.04. The second kappa shape index (κ2) is 4.77. The number of thiazole rings is 1. The van der Waals surface area contributed by atoms with Crippen molar-refractivity contribution in [3.63, 3.8) is 0 Å². The van der Waals surface area contributed by atoms with Crippen LogP contribution in [0.4, 0.5) is 5.13 Å². The van der Waals surface area contributed by atoms with Crippen LogP contribution in [-0.4, -0.2) is 13.4 Å². The van der Waals surface area contributed by atoms with Gasteiger partial charge in [-0.15, -0.1) is 11.3 Å². The van der Waals surface area contributed by atoms with Crippen LogP contribution in [0.1, 0.15) is 17.0 Å². The average molecular weight is 315 g/mol. The van der Waals surface area contributed by atoms with Gasteiger partial charge in [-0.05, 0) is 43.5 Å². The van der Waals surface area contributed by atoms with E-state index in [-0.39, 0.29) is 4.90 Å². The number of halogens is 1. The van der Waals surface area contributed by atoms with Gasteiger partial charge in [-0.25, -0.2) is 13.4 Å². The van der Waals surface area contributed by atoms with Crippen molar-refractivity contribution in [2.75, 3.05) is 4.72 Å². The summed E-state index contributed by atoms with van der Waals surface area (Å²) in [6.45, 7) is 0. The van der Waals surface area contributed by atoms with Crippen molar-refractivity contribution < 1.29 is 8.42 Å². The third-order valence-corrected chi connectivity index (χ3v) is 5.75. The zero-order valence-corrected chi connectivity index (χ0v) is 12.3. The highest BCUT2D eigenvalue weighted by Crippen LogP contribution is 2.31. The molecule has 0 spiro atoms. The molecule has 0 fully saturated rings. The topological polar surface area (TPSA) is 59.1 Å². The van der Waals surface area contributed by atoms with Gasteiger partial charge >= 0.3 is 0 Å². The summed E-state index contributed by atoms with van der Waals surface area (Å²) in [4.78, 5) is 5.70. The molecule has 100 valence electrons. The van der Waals surface area contributed by atoms with Crippen molar-refractivity contribution in [3.05, 3.63) is 39.9 Å². The van der Waals surface area contributed by atoms with Crippen LogP contribution in [0.3, 0.4) is 0 Å². The van der Waals surface area contributed by atoms with Crippen molar-refractivity contribution in [3.8, 4) is 0 Å². The number of benzene rings is 1. The molecule has 0 unspecified atom stereocenters. The van der Waals surface area contributed by atoms with Gasteiger partial charge in [-0.1, -0.05) is 11.6 Å². The SMILES string of the molecule is O=S(=O)(Nc1nc2c(s1)CCC2)c1ccc(Cl)cc1. The molecule has 0 atom stereocenters. The molecule has 1 aromatic heterocycles. The smallest absolute Gasteiger partial charge is 0.255 e. The molecule has 1 aliphatic carbocycles. The van der Waals surface area contributed by atoms with Gasteiger partial charge in [0.1, 0.15) is 0 Å². The number of sulfonamides is 1. The molecule has 19 heavy (non-hydrogen) atoms. The molecule has 2 aromatic rings. The highest BCUT2D eigenvalue weighted by molar-refractivity contribution is 7.93. The van der Waals surface area contributed by atoms with Crippen LogP contribution in [0.2, 0.25) is 5.02 Å². The molecule has 0 radical (unpaired) electrons. The number of aromatic nitrogens is 1. The summed E-state index contributed by atoms with van der Waals surface area (Å²) < 4.78 is 26.8. The summed E-state index contributed by atoms with van der Waals surface area (Å²) >= 11 is 7.17. The first kappa shape index (κ1) is 12.9. The van der Waals surface area contributed by atoms with Crippen LogP contribution in [0, 0.1) is 0 Å². The first-order valence-corrected chi connectivity index (χ1v) is 8.49. The van der Waals surface area contributed by atoms with Crippen LogP contribution in [0.15, 0.2) is 29.2 Å². The fourth-order valence-electron chi connectivity index (χ4n) is 2.02. The lowest BCUT2D eigenvalue weighted by atomic mass is 10.4. The number of aryl methyl sites for hydroxylation is 2. The Morgan fingerprint density at radius 3 is 2.63 bits per heavy atom. The Labute approximate surface area is 120 Å². The number of fused-ring (bicyclic) bond motifs is 1. The predicted molar refractivity (Wildman–Crippen MR) is 76.4 cm³/mol. The van der Waals surface area contributed by atoms with Crippen LogP contribution in [0.25, 0.3) is 0 Å². The predicted octanol–water partition coefficient (Wildman–Crippen LogP) is 3.09. The number of nitrogens with one attached hydrogen (secondary N) is 1. The summed E-state index contributed by atoms with van der Waals surface area (Å²) in [6, 6.07) is 6.06. The number of hydrogen-bond donors (Lipinski definition) is 1. The Morgan fingerprint density at radius 2 is 1.95 bits per heavy atom. The number of anilines is 1. The van der Waals surface area contributed by atoms with E-state index in [1.165, 1.54) is 28.3 Å². The van der Waals surface area contributed by atoms with E-state index in [4.69, 9.17) is 11.6 Å².